The fourth-order valence-electron chi connectivity index (χ4n) is 2.60. The van der Waals surface area contributed by atoms with Crippen molar-refractivity contribution in [3.05, 3.63) is 34.9 Å². The molecule has 6 nitrogen and oxygen atoms in total. The normalized spacial score (nSPS) is 14.5. The molecule has 0 saturated carbocycles. The lowest BCUT2D eigenvalue weighted by Crippen LogP contribution is -2.49. The number of halogens is 1. The molecule has 1 aliphatic rings. The second kappa shape index (κ2) is 10.4. The molecule has 0 bridgehead atoms. The maximum Gasteiger partial charge on any atom is 0.306 e. The van der Waals surface area contributed by atoms with Gasteiger partial charge in [-0.05, 0) is 23.8 Å². The average molecular weight is 411 g/mol. The SMILES string of the molecule is COC(=O)CCSc1ccc(C=CC(=O)N2CCN(C(C)=O)CC2)cc1Cl. The number of rotatable bonds is 6. The van der Waals surface area contributed by atoms with Crippen LogP contribution >= 0.6 is 23.4 Å². The Labute approximate surface area is 168 Å². The third-order valence-corrected chi connectivity index (χ3v) is 5.70. The number of piperazine rings is 1. The van der Waals surface area contributed by atoms with Gasteiger partial charge in [0.2, 0.25) is 11.8 Å². The summed E-state index contributed by atoms with van der Waals surface area (Å²) in [6.07, 6.45) is 3.58. The van der Waals surface area contributed by atoms with Crippen molar-refractivity contribution in [1.29, 1.82) is 0 Å². The van der Waals surface area contributed by atoms with Crippen LogP contribution in [0.25, 0.3) is 6.08 Å². The van der Waals surface area contributed by atoms with Crippen LogP contribution in [0.3, 0.4) is 0 Å². The molecule has 27 heavy (non-hydrogen) atoms. The average Bonchev–Trinajstić information content (AvgIpc) is 2.67. The highest BCUT2D eigenvalue weighted by molar-refractivity contribution is 7.99. The molecule has 0 unspecified atom stereocenters. The molecule has 1 saturated heterocycles. The van der Waals surface area contributed by atoms with Crippen molar-refractivity contribution in [3.8, 4) is 0 Å². The first-order chi connectivity index (χ1) is 12.9. The van der Waals surface area contributed by atoms with Gasteiger partial charge in [0.25, 0.3) is 0 Å². The molecule has 1 aromatic carbocycles. The van der Waals surface area contributed by atoms with Crippen molar-refractivity contribution in [1.82, 2.24) is 9.80 Å². The third kappa shape index (κ3) is 6.59. The summed E-state index contributed by atoms with van der Waals surface area (Å²) in [5.74, 6) is 0.301. The van der Waals surface area contributed by atoms with Gasteiger partial charge in [0, 0.05) is 49.8 Å². The minimum Gasteiger partial charge on any atom is -0.469 e. The Morgan fingerprint density at radius 2 is 1.85 bits per heavy atom. The van der Waals surface area contributed by atoms with Crippen molar-refractivity contribution < 1.29 is 19.1 Å². The van der Waals surface area contributed by atoms with Crippen LogP contribution in [0, 0.1) is 0 Å². The monoisotopic (exact) mass is 410 g/mol. The van der Waals surface area contributed by atoms with E-state index in [1.165, 1.54) is 24.9 Å². The predicted octanol–water partition coefficient (Wildman–Crippen LogP) is 2.70. The van der Waals surface area contributed by atoms with Crippen LogP contribution in [0.15, 0.2) is 29.2 Å². The van der Waals surface area contributed by atoms with Crippen LogP contribution in [0.1, 0.15) is 18.9 Å². The first-order valence-electron chi connectivity index (χ1n) is 8.62. The van der Waals surface area contributed by atoms with E-state index in [2.05, 4.69) is 4.74 Å². The lowest BCUT2D eigenvalue weighted by Gasteiger charge is -2.33. The van der Waals surface area contributed by atoms with Crippen molar-refractivity contribution in [2.24, 2.45) is 0 Å². The Morgan fingerprint density at radius 1 is 1.19 bits per heavy atom. The lowest BCUT2D eigenvalue weighted by molar-refractivity contribution is -0.140. The first kappa shape index (κ1) is 21.3. The van der Waals surface area contributed by atoms with Crippen molar-refractivity contribution in [2.45, 2.75) is 18.2 Å². The van der Waals surface area contributed by atoms with Crippen molar-refractivity contribution in [3.63, 3.8) is 0 Å². The summed E-state index contributed by atoms with van der Waals surface area (Å²) >= 11 is 7.77. The van der Waals surface area contributed by atoms with Gasteiger partial charge in [-0.3, -0.25) is 14.4 Å². The number of hydrogen-bond acceptors (Lipinski definition) is 5. The Morgan fingerprint density at radius 3 is 2.44 bits per heavy atom. The molecule has 0 aromatic heterocycles. The fourth-order valence-corrected chi connectivity index (χ4v) is 3.80. The van der Waals surface area contributed by atoms with Crippen LogP contribution in [0.4, 0.5) is 0 Å². The van der Waals surface area contributed by atoms with E-state index in [9.17, 15) is 14.4 Å². The summed E-state index contributed by atoms with van der Waals surface area (Å²) in [4.78, 5) is 39.1. The number of carbonyl (C=O) groups excluding carboxylic acids is 3. The Bertz CT molecular complexity index is 730. The number of amides is 2. The van der Waals surface area contributed by atoms with E-state index in [1.54, 1.807) is 28.9 Å². The van der Waals surface area contributed by atoms with E-state index in [1.807, 2.05) is 12.1 Å². The van der Waals surface area contributed by atoms with E-state index >= 15 is 0 Å². The highest BCUT2D eigenvalue weighted by Gasteiger charge is 2.20. The quantitative estimate of drug-likeness (QED) is 0.410. The second-order valence-corrected chi connectivity index (χ2v) is 7.57. The molecule has 1 aliphatic heterocycles. The number of ether oxygens (including phenoxy) is 1. The molecule has 0 spiro atoms. The van der Waals surface area contributed by atoms with Crippen molar-refractivity contribution >= 4 is 47.2 Å². The van der Waals surface area contributed by atoms with Crippen LogP contribution in [-0.4, -0.2) is 66.6 Å². The summed E-state index contributed by atoms with van der Waals surface area (Å²) < 4.78 is 4.61. The van der Waals surface area contributed by atoms with E-state index < -0.39 is 0 Å². The van der Waals surface area contributed by atoms with Gasteiger partial charge in [0.15, 0.2) is 0 Å². The van der Waals surface area contributed by atoms with Gasteiger partial charge < -0.3 is 14.5 Å². The number of thioether (sulfide) groups is 1. The molecule has 146 valence electrons. The van der Waals surface area contributed by atoms with E-state index in [-0.39, 0.29) is 17.8 Å². The number of hydrogen-bond donors (Lipinski definition) is 0. The van der Waals surface area contributed by atoms with E-state index in [0.29, 0.717) is 43.4 Å². The summed E-state index contributed by atoms with van der Waals surface area (Å²) in [5.41, 5.74) is 0.827. The largest absolute Gasteiger partial charge is 0.469 e. The minimum atomic E-state index is -0.249. The summed E-state index contributed by atoms with van der Waals surface area (Å²) in [6.45, 7) is 3.76. The maximum absolute atomic E-state index is 12.3. The van der Waals surface area contributed by atoms with Crippen LogP contribution in [0.2, 0.25) is 5.02 Å². The third-order valence-electron chi connectivity index (χ3n) is 4.20. The highest BCUT2D eigenvalue weighted by Crippen LogP contribution is 2.29. The molecule has 2 rings (SSSR count). The molecule has 1 fully saturated rings. The molecule has 1 aromatic rings. The van der Waals surface area contributed by atoms with Crippen LogP contribution in [0.5, 0.6) is 0 Å². The topological polar surface area (TPSA) is 66.9 Å². The summed E-state index contributed by atoms with van der Waals surface area (Å²) in [5, 5.41) is 0.578. The van der Waals surface area contributed by atoms with Gasteiger partial charge in [-0.15, -0.1) is 11.8 Å². The molecular weight excluding hydrogens is 388 g/mol. The molecular formula is C19H23ClN2O4S. The molecule has 0 radical (unpaired) electrons. The van der Waals surface area contributed by atoms with Crippen LogP contribution < -0.4 is 0 Å². The number of methoxy groups -OCH3 is 1. The van der Waals surface area contributed by atoms with Crippen LogP contribution in [-0.2, 0) is 19.1 Å². The fraction of sp³-hybridized carbons (Fsp3) is 0.421. The molecule has 8 heteroatoms. The summed E-state index contributed by atoms with van der Waals surface area (Å²) in [7, 11) is 1.37. The number of carbonyl (C=O) groups is 3. The summed E-state index contributed by atoms with van der Waals surface area (Å²) in [6, 6.07) is 5.55. The van der Waals surface area contributed by atoms with Gasteiger partial charge in [0.05, 0.1) is 18.6 Å². The van der Waals surface area contributed by atoms with Gasteiger partial charge in [0.1, 0.15) is 0 Å². The standard InChI is InChI=1S/C19H23ClN2O4S/c1-14(23)21-8-10-22(11-9-21)18(24)6-4-15-3-5-17(16(20)13-15)27-12-7-19(25)26-2/h3-6,13H,7-12H2,1-2H3. The number of esters is 1. The second-order valence-electron chi connectivity index (χ2n) is 6.03. The van der Waals surface area contributed by atoms with E-state index in [4.69, 9.17) is 11.6 Å². The lowest BCUT2D eigenvalue weighted by atomic mass is 10.2. The zero-order valence-corrected chi connectivity index (χ0v) is 17.0. The minimum absolute atomic E-state index is 0.0387. The Hall–Kier alpha value is -1.99. The molecule has 1 heterocycles. The first-order valence-corrected chi connectivity index (χ1v) is 9.98. The van der Waals surface area contributed by atoms with Gasteiger partial charge in [-0.1, -0.05) is 17.7 Å². The zero-order chi connectivity index (χ0) is 19.8. The smallest absolute Gasteiger partial charge is 0.306 e. The Kier molecular flexibility index (Phi) is 8.19. The molecule has 0 atom stereocenters. The molecule has 0 aliphatic carbocycles. The van der Waals surface area contributed by atoms with Gasteiger partial charge in [-0.2, -0.15) is 0 Å². The zero-order valence-electron chi connectivity index (χ0n) is 15.4. The molecule has 0 N–H and O–H groups in total. The maximum atomic E-state index is 12.3. The van der Waals surface area contributed by atoms with E-state index in [0.717, 1.165) is 10.5 Å². The number of benzene rings is 1. The predicted molar refractivity (Wildman–Crippen MR) is 107 cm³/mol. The number of nitrogens with zero attached hydrogens (tertiary/aromatic N) is 2. The Balaban J connectivity index is 1.87. The molecule has 2 amide bonds. The van der Waals surface area contributed by atoms with Gasteiger partial charge >= 0.3 is 5.97 Å². The highest BCUT2D eigenvalue weighted by atomic mass is 35.5. The van der Waals surface area contributed by atoms with Gasteiger partial charge in [-0.25, -0.2) is 0 Å². The van der Waals surface area contributed by atoms with Crippen molar-refractivity contribution in [2.75, 3.05) is 39.0 Å².